The van der Waals surface area contributed by atoms with Gasteiger partial charge >= 0.3 is 0 Å². The minimum atomic E-state index is -0.252. The van der Waals surface area contributed by atoms with Crippen molar-refractivity contribution >= 4 is 23.4 Å². The number of rotatable bonds is 8. The molecule has 2 N–H and O–H groups in total. The standard InChI is InChI=1S/C19H25N3O3S/c1-5-14-8-6-7-13(4)18(14)21-17(24)11-26-19-20-15(9-16(23)22-19)10-25-12(2)3/h6-9,12H,5,10-11H2,1-4H3,(H,21,24)(H,20,22,23). The maximum absolute atomic E-state index is 12.3. The van der Waals surface area contributed by atoms with Crippen molar-refractivity contribution in [3.8, 4) is 0 Å². The number of anilines is 1. The predicted octanol–water partition coefficient (Wildman–Crippen LogP) is 3.30. The molecule has 1 aromatic heterocycles. The molecule has 1 amide bonds. The summed E-state index contributed by atoms with van der Waals surface area (Å²) in [6, 6.07) is 7.37. The van der Waals surface area contributed by atoms with Crippen molar-refractivity contribution in [3.63, 3.8) is 0 Å². The van der Waals surface area contributed by atoms with Gasteiger partial charge < -0.3 is 15.0 Å². The quantitative estimate of drug-likeness (QED) is 0.546. The van der Waals surface area contributed by atoms with Crippen LogP contribution in [-0.4, -0.2) is 27.7 Å². The molecule has 0 radical (unpaired) electrons. The summed E-state index contributed by atoms with van der Waals surface area (Å²) in [5.41, 5.74) is 3.29. The summed E-state index contributed by atoms with van der Waals surface area (Å²) in [5, 5.41) is 3.38. The first-order valence-electron chi connectivity index (χ1n) is 8.62. The summed E-state index contributed by atoms with van der Waals surface area (Å²) in [4.78, 5) is 31.1. The summed E-state index contributed by atoms with van der Waals surface area (Å²) in [6.07, 6.45) is 0.900. The Labute approximate surface area is 157 Å². The van der Waals surface area contributed by atoms with E-state index in [-0.39, 0.29) is 29.9 Å². The number of aryl methyl sites for hydroxylation is 2. The molecule has 2 rings (SSSR count). The zero-order valence-electron chi connectivity index (χ0n) is 15.6. The van der Waals surface area contributed by atoms with Crippen molar-refractivity contribution in [2.24, 2.45) is 0 Å². The van der Waals surface area contributed by atoms with Crippen LogP contribution in [0.1, 0.15) is 37.6 Å². The summed E-state index contributed by atoms with van der Waals surface area (Å²) in [5.74, 6) is 0.0278. The topological polar surface area (TPSA) is 84.1 Å². The monoisotopic (exact) mass is 375 g/mol. The van der Waals surface area contributed by atoms with Crippen molar-refractivity contribution < 1.29 is 9.53 Å². The number of ether oxygens (including phenoxy) is 1. The lowest BCUT2D eigenvalue weighted by Gasteiger charge is -2.12. The molecule has 0 atom stereocenters. The van der Waals surface area contributed by atoms with Crippen LogP contribution in [0.15, 0.2) is 34.2 Å². The van der Waals surface area contributed by atoms with Gasteiger partial charge in [-0.05, 0) is 38.3 Å². The van der Waals surface area contributed by atoms with Crippen LogP contribution < -0.4 is 10.9 Å². The van der Waals surface area contributed by atoms with Gasteiger partial charge in [0.05, 0.1) is 24.2 Å². The number of para-hydroxylation sites is 1. The van der Waals surface area contributed by atoms with E-state index in [0.29, 0.717) is 10.9 Å². The van der Waals surface area contributed by atoms with Crippen LogP contribution in [-0.2, 0) is 22.6 Å². The van der Waals surface area contributed by atoms with Crippen molar-refractivity contribution in [2.45, 2.75) is 52.0 Å². The fourth-order valence-electron chi connectivity index (χ4n) is 2.39. The Kier molecular flexibility index (Phi) is 7.41. The first-order valence-corrected chi connectivity index (χ1v) is 9.60. The maximum atomic E-state index is 12.3. The van der Waals surface area contributed by atoms with Gasteiger partial charge in [0, 0.05) is 11.8 Å². The number of amides is 1. The average Bonchev–Trinajstić information content (AvgIpc) is 2.59. The molecule has 6 nitrogen and oxygen atoms in total. The van der Waals surface area contributed by atoms with E-state index in [1.54, 1.807) is 0 Å². The maximum Gasteiger partial charge on any atom is 0.251 e. The number of nitrogens with one attached hydrogen (secondary N) is 2. The number of thioether (sulfide) groups is 1. The highest BCUT2D eigenvalue weighted by atomic mass is 32.2. The number of aromatic amines is 1. The lowest BCUT2D eigenvalue weighted by molar-refractivity contribution is -0.113. The second-order valence-corrected chi connectivity index (χ2v) is 7.17. The Morgan fingerprint density at radius 1 is 1.38 bits per heavy atom. The number of aromatic nitrogens is 2. The molecular weight excluding hydrogens is 350 g/mol. The number of hydrogen-bond acceptors (Lipinski definition) is 5. The van der Waals surface area contributed by atoms with Gasteiger partial charge in [-0.1, -0.05) is 36.9 Å². The zero-order valence-corrected chi connectivity index (χ0v) is 16.4. The van der Waals surface area contributed by atoms with Gasteiger partial charge in [0.15, 0.2) is 5.16 Å². The van der Waals surface area contributed by atoms with Crippen LogP contribution in [0.5, 0.6) is 0 Å². The largest absolute Gasteiger partial charge is 0.373 e. The van der Waals surface area contributed by atoms with E-state index in [1.165, 1.54) is 17.8 Å². The Balaban J connectivity index is 2.00. The van der Waals surface area contributed by atoms with E-state index >= 15 is 0 Å². The molecule has 0 spiro atoms. The van der Waals surface area contributed by atoms with E-state index in [2.05, 4.69) is 22.2 Å². The molecule has 1 aromatic carbocycles. The second-order valence-electron chi connectivity index (χ2n) is 6.20. The molecule has 0 unspecified atom stereocenters. The number of benzene rings is 1. The minimum absolute atomic E-state index is 0.0554. The van der Waals surface area contributed by atoms with Gasteiger partial charge in [-0.15, -0.1) is 0 Å². The highest BCUT2D eigenvalue weighted by molar-refractivity contribution is 7.99. The number of nitrogens with zero attached hydrogens (tertiary/aromatic N) is 1. The summed E-state index contributed by atoms with van der Waals surface area (Å²) >= 11 is 1.20. The van der Waals surface area contributed by atoms with E-state index < -0.39 is 0 Å². The fourth-order valence-corrected chi connectivity index (χ4v) is 3.08. The van der Waals surface area contributed by atoms with Crippen molar-refractivity contribution in [1.82, 2.24) is 9.97 Å². The van der Waals surface area contributed by atoms with Gasteiger partial charge in [0.1, 0.15) is 0 Å². The third kappa shape index (κ3) is 6.00. The first-order chi connectivity index (χ1) is 12.4. The minimum Gasteiger partial charge on any atom is -0.373 e. The molecule has 0 aliphatic heterocycles. The van der Waals surface area contributed by atoms with Crippen LogP contribution in [0.2, 0.25) is 0 Å². The number of carbonyl (C=O) groups is 1. The van der Waals surface area contributed by atoms with Crippen LogP contribution >= 0.6 is 11.8 Å². The van der Waals surface area contributed by atoms with Crippen molar-refractivity contribution in [3.05, 3.63) is 51.4 Å². The molecule has 140 valence electrons. The van der Waals surface area contributed by atoms with Crippen molar-refractivity contribution in [2.75, 3.05) is 11.1 Å². The van der Waals surface area contributed by atoms with Gasteiger partial charge in [-0.2, -0.15) is 0 Å². The van der Waals surface area contributed by atoms with Gasteiger partial charge in [0.25, 0.3) is 5.56 Å². The lowest BCUT2D eigenvalue weighted by atomic mass is 10.1. The molecule has 0 fully saturated rings. The Hall–Kier alpha value is -2.12. The normalized spacial score (nSPS) is 11.0. The molecule has 0 bridgehead atoms. The second kappa shape index (κ2) is 9.54. The molecule has 0 saturated heterocycles. The molecule has 0 aliphatic carbocycles. The first kappa shape index (κ1) is 20.2. The summed E-state index contributed by atoms with van der Waals surface area (Å²) in [6.45, 7) is 8.13. The van der Waals surface area contributed by atoms with Gasteiger partial charge in [-0.3, -0.25) is 9.59 Å². The van der Waals surface area contributed by atoms with E-state index in [4.69, 9.17) is 4.74 Å². The summed E-state index contributed by atoms with van der Waals surface area (Å²) in [7, 11) is 0. The molecule has 26 heavy (non-hydrogen) atoms. The highest BCUT2D eigenvalue weighted by Crippen LogP contribution is 2.22. The molecule has 0 aliphatic rings. The van der Waals surface area contributed by atoms with Gasteiger partial charge in [-0.25, -0.2) is 4.98 Å². The lowest BCUT2D eigenvalue weighted by Crippen LogP contribution is -2.17. The van der Waals surface area contributed by atoms with Crippen LogP contribution in [0.3, 0.4) is 0 Å². The molecular formula is C19H25N3O3S. The molecule has 7 heteroatoms. The predicted molar refractivity (Wildman–Crippen MR) is 105 cm³/mol. The Bertz CT molecular complexity index is 818. The van der Waals surface area contributed by atoms with E-state index in [0.717, 1.165) is 23.2 Å². The third-order valence-electron chi connectivity index (χ3n) is 3.68. The average molecular weight is 375 g/mol. The highest BCUT2D eigenvalue weighted by Gasteiger charge is 2.11. The zero-order chi connectivity index (χ0) is 19.1. The van der Waals surface area contributed by atoms with Crippen LogP contribution in [0.25, 0.3) is 0 Å². The summed E-state index contributed by atoms with van der Waals surface area (Å²) < 4.78 is 5.48. The Morgan fingerprint density at radius 3 is 2.85 bits per heavy atom. The smallest absolute Gasteiger partial charge is 0.251 e. The fraction of sp³-hybridized carbons (Fsp3) is 0.421. The molecule has 0 saturated carbocycles. The molecule has 2 aromatic rings. The van der Waals surface area contributed by atoms with Crippen LogP contribution in [0.4, 0.5) is 5.69 Å². The van der Waals surface area contributed by atoms with Gasteiger partial charge in [0.2, 0.25) is 5.91 Å². The number of carbonyl (C=O) groups excluding carboxylic acids is 1. The van der Waals surface area contributed by atoms with E-state index in [1.807, 2.05) is 39.0 Å². The number of hydrogen-bond donors (Lipinski definition) is 2. The van der Waals surface area contributed by atoms with E-state index in [9.17, 15) is 9.59 Å². The SMILES string of the molecule is CCc1cccc(C)c1NC(=O)CSc1nc(COC(C)C)cc(=O)[nH]1. The number of H-pyrrole nitrogens is 1. The van der Waals surface area contributed by atoms with Crippen molar-refractivity contribution in [1.29, 1.82) is 0 Å². The van der Waals surface area contributed by atoms with Crippen LogP contribution in [0, 0.1) is 6.92 Å². The Morgan fingerprint density at radius 2 is 2.15 bits per heavy atom. The third-order valence-corrected chi connectivity index (χ3v) is 4.56. The molecule has 1 heterocycles.